The first-order chi connectivity index (χ1) is 19.5. The van der Waals surface area contributed by atoms with Gasteiger partial charge in [0, 0.05) is 48.1 Å². The van der Waals surface area contributed by atoms with Crippen molar-refractivity contribution in [3.05, 3.63) is 106 Å². The Hall–Kier alpha value is -1.89. The van der Waals surface area contributed by atoms with Gasteiger partial charge in [0.2, 0.25) is 0 Å². The highest BCUT2D eigenvalue weighted by Gasteiger charge is 2.95. The van der Waals surface area contributed by atoms with Gasteiger partial charge in [-0.1, -0.05) is 79.7 Å². The Morgan fingerprint density at radius 1 is 0.415 bits per heavy atom. The molecule has 0 spiro atoms. The molecule has 41 heavy (non-hydrogen) atoms. The molecule has 0 saturated heterocycles. The van der Waals surface area contributed by atoms with E-state index in [2.05, 4.69) is 0 Å². The van der Waals surface area contributed by atoms with Gasteiger partial charge in [0.05, 0.1) is 0 Å². The maximum absolute atomic E-state index is 15.5. The lowest BCUT2D eigenvalue weighted by molar-refractivity contribution is 0.114. The van der Waals surface area contributed by atoms with Gasteiger partial charge in [-0.05, 0) is 33.4 Å². The first kappa shape index (κ1) is 29.2. The maximum Gasteiger partial charge on any atom is 0.345 e. The van der Waals surface area contributed by atoms with Crippen molar-refractivity contribution in [1.29, 1.82) is 0 Å². The fraction of sp³-hybridized carbons (Fsp3) is 0.379. The Labute approximate surface area is 240 Å². The number of hydrogen-bond acceptors (Lipinski definition) is 9. The molecule has 0 bridgehead atoms. The molecule has 0 aromatic heterocycles. The second-order valence-corrected chi connectivity index (χ2v) is 17.7. The molecule has 3 aromatic carbocycles. The Morgan fingerprint density at radius 2 is 0.585 bits per heavy atom. The third-order valence-electron chi connectivity index (χ3n) is 9.97. The summed E-state index contributed by atoms with van der Waals surface area (Å²) in [7, 11) is -4.87. The molecular formula is C29H33O9P3. The van der Waals surface area contributed by atoms with E-state index in [1.165, 1.54) is 42.7 Å². The molecule has 0 amide bonds. The second-order valence-electron chi connectivity index (χ2n) is 10.5. The van der Waals surface area contributed by atoms with Crippen molar-refractivity contribution in [2.24, 2.45) is 5.41 Å². The van der Waals surface area contributed by atoms with Crippen LogP contribution in [-0.4, -0.2) is 42.7 Å². The first-order valence-corrected chi connectivity index (χ1v) is 17.6. The van der Waals surface area contributed by atoms with Gasteiger partial charge in [-0.3, -0.25) is 13.7 Å². The minimum Gasteiger partial charge on any atom is -0.311 e. The van der Waals surface area contributed by atoms with Crippen LogP contribution >= 0.6 is 22.8 Å². The molecule has 0 unspecified atom stereocenters. The molecule has 12 heteroatoms. The molecule has 0 atom stereocenters. The maximum atomic E-state index is 15.5. The van der Waals surface area contributed by atoms with Gasteiger partial charge in [0.15, 0.2) is 0 Å². The van der Waals surface area contributed by atoms with Gasteiger partial charge >= 0.3 is 22.8 Å². The molecule has 3 aliphatic rings. The van der Waals surface area contributed by atoms with Crippen LogP contribution in [-0.2, 0) is 56.3 Å². The first-order valence-electron chi connectivity index (χ1n) is 13.0. The Kier molecular flexibility index (Phi) is 6.45. The molecule has 0 fully saturated rings. The highest BCUT2D eigenvalue weighted by Crippen LogP contribution is 3.01. The van der Waals surface area contributed by atoms with E-state index >= 15 is 13.7 Å². The summed E-state index contributed by atoms with van der Waals surface area (Å²) in [4.78, 5) is 0. The number of hydrogen-bond donors (Lipinski definition) is 0. The van der Waals surface area contributed by atoms with Crippen LogP contribution < -0.4 is 0 Å². The lowest BCUT2D eigenvalue weighted by atomic mass is 9.68. The highest BCUT2D eigenvalue weighted by molar-refractivity contribution is 7.59. The molecule has 6 rings (SSSR count). The Bertz CT molecular complexity index is 1430. The molecule has 0 N–H and O–H groups in total. The van der Waals surface area contributed by atoms with Crippen LogP contribution in [0.3, 0.4) is 0 Å². The normalized spacial score (nSPS) is 29.6. The SMILES string of the molecule is COP(=O)(OC)C12c3ccccc3C3(P(=O)(OC)OC)c4ccccc4C(P(=O)(OC)OC)(c4ccccc41)C23C. The molecule has 0 heterocycles. The molecular weight excluding hydrogens is 585 g/mol. The Balaban J connectivity index is 2.07. The minimum absolute atomic E-state index is 0.548. The van der Waals surface area contributed by atoms with E-state index in [0.717, 1.165) is 0 Å². The van der Waals surface area contributed by atoms with Gasteiger partial charge in [-0.25, -0.2) is 0 Å². The zero-order valence-corrected chi connectivity index (χ0v) is 26.6. The van der Waals surface area contributed by atoms with Crippen molar-refractivity contribution in [1.82, 2.24) is 0 Å². The third kappa shape index (κ3) is 2.57. The quantitative estimate of drug-likeness (QED) is 0.230. The lowest BCUT2D eigenvalue weighted by Gasteiger charge is -2.54. The number of fused-ring (bicyclic) bond motifs is 9. The van der Waals surface area contributed by atoms with Crippen LogP contribution in [0.4, 0.5) is 0 Å². The van der Waals surface area contributed by atoms with Crippen LogP contribution in [0.1, 0.15) is 40.3 Å². The smallest absolute Gasteiger partial charge is 0.311 e. The summed E-state index contributed by atoms with van der Waals surface area (Å²) in [5.41, 5.74) is 1.66. The van der Waals surface area contributed by atoms with Crippen molar-refractivity contribution in [2.75, 3.05) is 42.7 Å². The summed E-state index contributed by atoms with van der Waals surface area (Å²) in [6.07, 6.45) is 0. The summed E-state index contributed by atoms with van der Waals surface area (Å²) >= 11 is 0. The second kappa shape index (κ2) is 9.06. The topological polar surface area (TPSA) is 107 Å². The molecule has 218 valence electrons. The minimum atomic E-state index is -4.28. The summed E-state index contributed by atoms with van der Waals surface area (Å²) in [5.74, 6) is 0. The van der Waals surface area contributed by atoms with Crippen molar-refractivity contribution in [3.8, 4) is 0 Å². The van der Waals surface area contributed by atoms with Crippen LogP contribution in [0.5, 0.6) is 0 Å². The molecule has 3 aliphatic carbocycles. The van der Waals surface area contributed by atoms with Crippen molar-refractivity contribution < 1.29 is 40.8 Å². The van der Waals surface area contributed by atoms with Gasteiger partial charge in [-0.15, -0.1) is 0 Å². The monoisotopic (exact) mass is 618 g/mol. The molecule has 9 nitrogen and oxygen atoms in total. The van der Waals surface area contributed by atoms with E-state index in [1.54, 1.807) is 0 Å². The van der Waals surface area contributed by atoms with Crippen LogP contribution in [0.25, 0.3) is 0 Å². The van der Waals surface area contributed by atoms with Gasteiger partial charge in [-0.2, -0.15) is 0 Å². The van der Waals surface area contributed by atoms with Crippen LogP contribution in [0.2, 0.25) is 0 Å². The van der Waals surface area contributed by atoms with E-state index < -0.39 is 43.7 Å². The number of rotatable bonds is 9. The zero-order valence-electron chi connectivity index (χ0n) is 23.9. The van der Waals surface area contributed by atoms with Crippen LogP contribution in [0, 0.1) is 5.41 Å². The third-order valence-corrected chi connectivity index (χ3v) is 18.1. The van der Waals surface area contributed by atoms with E-state index in [4.69, 9.17) is 27.1 Å². The van der Waals surface area contributed by atoms with E-state index in [0.29, 0.717) is 33.4 Å². The van der Waals surface area contributed by atoms with Crippen LogP contribution in [0.15, 0.2) is 72.8 Å². The standard InChI is InChI=1S/C29H33O9P3/c1-26-27(39(30,33-2)34-3)20-14-8-10-16-22(20)28(26,40(31,35-4)36-5)24-18-12-13-19-25(24)29(26,41(32,37-6)38-7)23-17-11-9-15-21(23)27/h8-19H,1-7H3. The lowest BCUT2D eigenvalue weighted by Crippen LogP contribution is -2.54. The van der Waals surface area contributed by atoms with E-state index in [1.807, 2.05) is 79.7 Å². The summed E-state index contributed by atoms with van der Waals surface area (Å²) in [5, 5.41) is -5.01. The van der Waals surface area contributed by atoms with Crippen molar-refractivity contribution in [2.45, 2.75) is 22.4 Å². The highest BCUT2D eigenvalue weighted by atomic mass is 31.2. The zero-order chi connectivity index (χ0) is 29.7. The molecule has 0 aliphatic heterocycles. The summed E-state index contributed by atoms with van der Waals surface area (Å²) < 4.78 is 81.9. The fourth-order valence-electron chi connectivity index (χ4n) is 8.93. The van der Waals surface area contributed by atoms with E-state index in [9.17, 15) is 0 Å². The van der Waals surface area contributed by atoms with Crippen molar-refractivity contribution in [3.63, 3.8) is 0 Å². The fourth-order valence-corrected chi connectivity index (χ4v) is 16.9. The van der Waals surface area contributed by atoms with Gasteiger partial charge in [0.1, 0.15) is 15.5 Å². The molecule has 0 radical (unpaired) electrons. The Morgan fingerprint density at radius 3 is 0.732 bits per heavy atom. The predicted molar refractivity (Wildman–Crippen MR) is 155 cm³/mol. The molecule has 3 aromatic rings. The van der Waals surface area contributed by atoms with Gasteiger partial charge in [0.25, 0.3) is 0 Å². The average Bonchev–Trinajstić information content (AvgIpc) is 3.49. The number of benzene rings is 3. The van der Waals surface area contributed by atoms with E-state index in [-0.39, 0.29) is 0 Å². The molecule has 0 saturated carbocycles. The summed E-state index contributed by atoms with van der Waals surface area (Å²) in [6.45, 7) is 1.83. The van der Waals surface area contributed by atoms with Gasteiger partial charge < -0.3 is 27.1 Å². The van der Waals surface area contributed by atoms with Crippen molar-refractivity contribution >= 4 is 22.8 Å². The summed E-state index contributed by atoms with van der Waals surface area (Å²) in [6, 6.07) is 21.9. The average molecular weight is 618 g/mol. The predicted octanol–water partition coefficient (Wildman–Crippen LogP) is 7.22. The largest absolute Gasteiger partial charge is 0.345 e.